The molecule has 0 spiro atoms. The summed E-state index contributed by atoms with van der Waals surface area (Å²) >= 11 is 9.39. The Kier molecular flexibility index (Phi) is 4.67. The Bertz CT molecular complexity index is 538. The van der Waals surface area contributed by atoms with Gasteiger partial charge >= 0.3 is 0 Å². The zero-order valence-corrected chi connectivity index (χ0v) is 12.7. The molecule has 0 aliphatic rings. The van der Waals surface area contributed by atoms with Gasteiger partial charge in [-0.2, -0.15) is 0 Å². The second-order valence-electron chi connectivity index (χ2n) is 4.29. The lowest BCUT2D eigenvalue weighted by molar-refractivity contribution is 0.729. The molecule has 0 fully saturated rings. The molecular formula is C13H15ClN2S2. The van der Waals surface area contributed by atoms with Crippen LogP contribution in [0.15, 0.2) is 32.8 Å². The van der Waals surface area contributed by atoms with Gasteiger partial charge in [-0.1, -0.05) is 23.4 Å². The smallest absolute Gasteiger partial charge is 0.154 e. The van der Waals surface area contributed by atoms with E-state index in [0.29, 0.717) is 0 Å². The first-order valence-corrected chi connectivity index (χ1v) is 7.76. The normalized spacial score (nSPS) is 12.7. The van der Waals surface area contributed by atoms with Gasteiger partial charge in [-0.15, -0.1) is 11.3 Å². The van der Waals surface area contributed by atoms with E-state index in [1.165, 1.54) is 10.5 Å². The first kappa shape index (κ1) is 13.9. The summed E-state index contributed by atoms with van der Waals surface area (Å²) in [5.41, 5.74) is 8.13. The Morgan fingerprint density at radius 2 is 2.28 bits per heavy atom. The second kappa shape index (κ2) is 6.06. The van der Waals surface area contributed by atoms with Gasteiger partial charge in [0, 0.05) is 27.0 Å². The summed E-state index contributed by atoms with van der Waals surface area (Å²) in [4.78, 5) is 5.65. The number of nitrogens with zero attached hydrogens (tertiary/aromatic N) is 1. The quantitative estimate of drug-likeness (QED) is 0.922. The number of rotatable bonds is 4. The standard InChI is InChI=1S/C13H15ClN2S2/c1-8(15)5-10-6-11(14)3-4-12(10)18-13-16-9(2)7-17-13/h3-4,6-8H,5,15H2,1-2H3. The summed E-state index contributed by atoms with van der Waals surface area (Å²) in [6, 6.07) is 6.07. The number of thiazole rings is 1. The molecule has 0 saturated heterocycles. The van der Waals surface area contributed by atoms with Crippen LogP contribution in [0.3, 0.4) is 0 Å². The highest BCUT2D eigenvalue weighted by atomic mass is 35.5. The van der Waals surface area contributed by atoms with Crippen LogP contribution in [-0.2, 0) is 6.42 Å². The van der Waals surface area contributed by atoms with Crippen molar-refractivity contribution in [2.75, 3.05) is 0 Å². The molecule has 1 unspecified atom stereocenters. The predicted octanol–water partition coefficient (Wildman–Crippen LogP) is 4.15. The van der Waals surface area contributed by atoms with E-state index in [1.54, 1.807) is 23.1 Å². The average molecular weight is 299 g/mol. The molecule has 5 heteroatoms. The van der Waals surface area contributed by atoms with Crippen molar-refractivity contribution in [3.05, 3.63) is 39.9 Å². The molecule has 2 aromatic rings. The fourth-order valence-electron chi connectivity index (χ4n) is 1.63. The van der Waals surface area contributed by atoms with E-state index in [-0.39, 0.29) is 6.04 Å². The first-order chi connectivity index (χ1) is 8.54. The van der Waals surface area contributed by atoms with E-state index in [0.717, 1.165) is 21.5 Å². The number of aromatic nitrogens is 1. The van der Waals surface area contributed by atoms with E-state index >= 15 is 0 Å². The van der Waals surface area contributed by atoms with Crippen LogP contribution >= 0.6 is 34.7 Å². The molecule has 1 aromatic heterocycles. The molecule has 2 N–H and O–H groups in total. The molecule has 0 saturated carbocycles. The van der Waals surface area contributed by atoms with Gasteiger partial charge in [0.25, 0.3) is 0 Å². The van der Waals surface area contributed by atoms with Crippen LogP contribution in [-0.4, -0.2) is 11.0 Å². The third-order valence-electron chi connectivity index (χ3n) is 2.36. The molecule has 96 valence electrons. The molecule has 0 aliphatic carbocycles. The van der Waals surface area contributed by atoms with Crippen molar-refractivity contribution >= 4 is 34.7 Å². The molecule has 0 bridgehead atoms. The van der Waals surface area contributed by atoms with Gasteiger partial charge in [-0.05, 0) is 44.0 Å². The van der Waals surface area contributed by atoms with Gasteiger partial charge < -0.3 is 5.73 Å². The monoisotopic (exact) mass is 298 g/mol. The van der Waals surface area contributed by atoms with Crippen LogP contribution < -0.4 is 5.73 Å². The van der Waals surface area contributed by atoms with Crippen LogP contribution in [0, 0.1) is 6.92 Å². The number of nitrogens with two attached hydrogens (primary N) is 1. The zero-order chi connectivity index (χ0) is 13.1. The van der Waals surface area contributed by atoms with E-state index in [2.05, 4.69) is 10.4 Å². The van der Waals surface area contributed by atoms with Crippen molar-refractivity contribution in [1.29, 1.82) is 0 Å². The second-order valence-corrected chi connectivity index (χ2v) is 6.87. The zero-order valence-electron chi connectivity index (χ0n) is 10.3. The Morgan fingerprint density at radius 1 is 1.50 bits per heavy atom. The lowest BCUT2D eigenvalue weighted by Crippen LogP contribution is -2.18. The summed E-state index contributed by atoms with van der Waals surface area (Å²) in [7, 11) is 0. The van der Waals surface area contributed by atoms with Gasteiger partial charge in [-0.25, -0.2) is 4.98 Å². The fraction of sp³-hybridized carbons (Fsp3) is 0.308. The van der Waals surface area contributed by atoms with Crippen molar-refractivity contribution in [2.24, 2.45) is 5.73 Å². The van der Waals surface area contributed by atoms with E-state index in [1.807, 2.05) is 32.0 Å². The van der Waals surface area contributed by atoms with Gasteiger partial charge in [0.2, 0.25) is 0 Å². The molecule has 1 aromatic carbocycles. The minimum atomic E-state index is 0.126. The molecule has 1 heterocycles. The van der Waals surface area contributed by atoms with E-state index < -0.39 is 0 Å². The number of hydrogen-bond donors (Lipinski definition) is 1. The number of aryl methyl sites for hydroxylation is 1. The minimum Gasteiger partial charge on any atom is -0.328 e. The van der Waals surface area contributed by atoms with Crippen LogP contribution in [0.5, 0.6) is 0 Å². The number of hydrogen-bond acceptors (Lipinski definition) is 4. The van der Waals surface area contributed by atoms with Gasteiger partial charge in [0.05, 0.1) is 0 Å². The molecule has 0 amide bonds. The maximum atomic E-state index is 6.04. The molecule has 0 aliphatic heterocycles. The van der Waals surface area contributed by atoms with Crippen molar-refractivity contribution in [3.63, 3.8) is 0 Å². The summed E-state index contributed by atoms with van der Waals surface area (Å²) < 4.78 is 1.06. The van der Waals surface area contributed by atoms with Crippen molar-refractivity contribution < 1.29 is 0 Å². The molecule has 0 radical (unpaired) electrons. The van der Waals surface area contributed by atoms with Crippen molar-refractivity contribution in [1.82, 2.24) is 4.98 Å². The molecule has 18 heavy (non-hydrogen) atoms. The third kappa shape index (κ3) is 3.72. The average Bonchev–Trinajstić information content (AvgIpc) is 2.67. The van der Waals surface area contributed by atoms with Gasteiger partial charge in [0.1, 0.15) is 0 Å². The summed E-state index contributed by atoms with van der Waals surface area (Å²) in [6.45, 7) is 4.01. The fourth-order valence-corrected chi connectivity index (χ4v) is 3.74. The minimum absolute atomic E-state index is 0.126. The molecule has 2 nitrogen and oxygen atoms in total. The summed E-state index contributed by atoms with van der Waals surface area (Å²) in [5, 5.41) is 2.81. The Labute approximate surface area is 121 Å². The number of benzene rings is 1. The maximum Gasteiger partial charge on any atom is 0.154 e. The topological polar surface area (TPSA) is 38.9 Å². The highest BCUT2D eigenvalue weighted by molar-refractivity contribution is 8.01. The van der Waals surface area contributed by atoms with Gasteiger partial charge in [-0.3, -0.25) is 0 Å². The molecule has 1 atom stereocenters. The summed E-state index contributed by atoms with van der Waals surface area (Å²) in [5.74, 6) is 0. The van der Waals surface area contributed by atoms with E-state index in [9.17, 15) is 0 Å². The number of halogens is 1. The van der Waals surface area contributed by atoms with E-state index in [4.69, 9.17) is 17.3 Å². The first-order valence-electron chi connectivity index (χ1n) is 5.68. The molecule has 2 rings (SSSR count). The Morgan fingerprint density at radius 3 is 2.89 bits per heavy atom. The Hall–Kier alpha value is -0.550. The highest BCUT2D eigenvalue weighted by Crippen LogP contribution is 2.34. The maximum absolute atomic E-state index is 6.04. The van der Waals surface area contributed by atoms with Crippen LogP contribution in [0.25, 0.3) is 0 Å². The van der Waals surface area contributed by atoms with Gasteiger partial charge in [0.15, 0.2) is 4.34 Å². The van der Waals surface area contributed by atoms with Crippen molar-refractivity contribution in [2.45, 2.75) is 35.5 Å². The molecular weight excluding hydrogens is 284 g/mol. The highest BCUT2D eigenvalue weighted by Gasteiger charge is 2.09. The predicted molar refractivity (Wildman–Crippen MR) is 79.8 cm³/mol. The Balaban J connectivity index is 2.26. The third-order valence-corrected chi connectivity index (χ3v) is 4.77. The SMILES string of the molecule is Cc1csc(Sc2ccc(Cl)cc2CC(C)N)n1. The van der Waals surface area contributed by atoms with Crippen LogP contribution in [0.4, 0.5) is 0 Å². The van der Waals surface area contributed by atoms with Crippen molar-refractivity contribution in [3.8, 4) is 0 Å². The lowest BCUT2D eigenvalue weighted by atomic mass is 10.1. The largest absolute Gasteiger partial charge is 0.328 e. The van der Waals surface area contributed by atoms with Crippen LogP contribution in [0.1, 0.15) is 18.2 Å². The summed E-state index contributed by atoms with van der Waals surface area (Å²) in [6.07, 6.45) is 0.827. The van der Waals surface area contributed by atoms with Crippen LogP contribution in [0.2, 0.25) is 5.02 Å². The lowest BCUT2D eigenvalue weighted by Gasteiger charge is -2.10.